The summed E-state index contributed by atoms with van der Waals surface area (Å²) >= 11 is 0. The van der Waals surface area contributed by atoms with E-state index in [1.54, 1.807) is 6.92 Å². The van der Waals surface area contributed by atoms with Crippen LogP contribution < -0.4 is 0 Å². The molecule has 5 unspecified atom stereocenters. The number of rotatable bonds is 4. The van der Waals surface area contributed by atoms with Gasteiger partial charge >= 0.3 is 5.97 Å². The summed E-state index contributed by atoms with van der Waals surface area (Å²) in [6.07, 6.45) is -9.96. The molecule has 0 amide bonds. The van der Waals surface area contributed by atoms with Crippen LogP contribution in [0.15, 0.2) is 11.8 Å². The van der Waals surface area contributed by atoms with Crippen molar-refractivity contribution in [2.24, 2.45) is 17.8 Å². The van der Waals surface area contributed by atoms with E-state index in [0.29, 0.717) is 0 Å². The van der Waals surface area contributed by atoms with Gasteiger partial charge in [-0.1, -0.05) is 6.92 Å². The number of methoxy groups -OCH3 is 1. The van der Waals surface area contributed by atoms with Crippen molar-refractivity contribution in [3.8, 4) is 0 Å². The molecule has 2 aliphatic heterocycles. The maximum atomic E-state index is 12.0. The van der Waals surface area contributed by atoms with E-state index in [1.165, 1.54) is 7.11 Å². The van der Waals surface area contributed by atoms with E-state index in [-0.39, 0.29) is 5.57 Å². The fraction of sp³-hybridized carbons (Fsp3) is 0.824. The van der Waals surface area contributed by atoms with Gasteiger partial charge in [0, 0.05) is 11.8 Å². The second-order valence-corrected chi connectivity index (χ2v) is 7.35. The molecule has 3 aliphatic rings. The minimum Gasteiger partial charge on any atom is -0.472 e. The second-order valence-electron chi connectivity index (χ2n) is 7.35. The highest BCUT2D eigenvalue weighted by molar-refractivity contribution is 5.89. The molecule has 1 aliphatic carbocycles. The van der Waals surface area contributed by atoms with Gasteiger partial charge in [-0.3, -0.25) is 0 Å². The van der Waals surface area contributed by atoms with Crippen molar-refractivity contribution in [1.82, 2.24) is 0 Å². The molecule has 0 bridgehead atoms. The Kier molecular flexibility index (Phi) is 6.27. The first-order valence-electron chi connectivity index (χ1n) is 8.98. The van der Waals surface area contributed by atoms with Crippen LogP contribution in [-0.2, 0) is 23.7 Å². The molecule has 11 atom stereocenters. The highest BCUT2D eigenvalue weighted by atomic mass is 16.8. The summed E-state index contributed by atoms with van der Waals surface area (Å²) in [4.78, 5) is 12.0. The van der Waals surface area contributed by atoms with Gasteiger partial charge in [0.2, 0.25) is 6.29 Å². The van der Waals surface area contributed by atoms with Crippen molar-refractivity contribution in [2.75, 3.05) is 13.7 Å². The lowest BCUT2D eigenvalue weighted by atomic mass is 9.82. The van der Waals surface area contributed by atoms with Gasteiger partial charge in [-0.15, -0.1) is 0 Å². The van der Waals surface area contributed by atoms with Crippen LogP contribution in [-0.4, -0.2) is 99.5 Å². The number of fused-ring (bicyclic) bond motifs is 1. The summed E-state index contributed by atoms with van der Waals surface area (Å²) in [7, 11) is 1.18. The largest absolute Gasteiger partial charge is 0.472 e. The molecule has 0 spiro atoms. The van der Waals surface area contributed by atoms with E-state index in [2.05, 4.69) is 0 Å². The Morgan fingerprint density at radius 3 is 2.32 bits per heavy atom. The summed E-state index contributed by atoms with van der Waals surface area (Å²) in [5.41, 5.74) is 0.0389. The molecule has 2 fully saturated rings. The van der Waals surface area contributed by atoms with Gasteiger partial charge in [-0.05, 0) is 5.92 Å². The average molecular weight is 406 g/mol. The van der Waals surface area contributed by atoms with E-state index < -0.39 is 79.5 Å². The van der Waals surface area contributed by atoms with Crippen LogP contribution >= 0.6 is 0 Å². The zero-order chi connectivity index (χ0) is 20.7. The molecule has 0 aromatic heterocycles. The third kappa shape index (κ3) is 3.42. The van der Waals surface area contributed by atoms with Gasteiger partial charge in [0.15, 0.2) is 6.29 Å². The van der Waals surface area contributed by atoms with Crippen LogP contribution in [0, 0.1) is 17.8 Å². The highest BCUT2D eigenvalue weighted by Gasteiger charge is 2.57. The van der Waals surface area contributed by atoms with E-state index in [1.807, 2.05) is 0 Å². The number of hydrogen-bond donors (Lipinski definition) is 6. The number of esters is 1. The molecule has 11 heteroatoms. The molecule has 2 heterocycles. The summed E-state index contributed by atoms with van der Waals surface area (Å²) in [6.45, 7) is 1.02. The smallest absolute Gasteiger partial charge is 0.337 e. The van der Waals surface area contributed by atoms with E-state index in [4.69, 9.17) is 18.9 Å². The summed E-state index contributed by atoms with van der Waals surface area (Å²) in [6, 6.07) is 0. The minimum absolute atomic E-state index is 0.0389. The van der Waals surface area contributed by atoms with Crippen LogP contribution in [0.2, 0.25) is 0 Å². The molecule has 1 saturated heterocycles. The SMILES string of the molecule is COC(=O)C1=CO[C@@H](OC2OC(CO)C(O)C(O)C2O)[C@H]2[C@@H](C)[C@H](O)[C@@H](O)[C@@H]12. The number of hydrogen-bond acceptors (Lipinski definition) is 11. The van der Waals surface area contributed by atoms with E-state index in [0.717, 1.165) is 6.26 Å². The normalized spacial score (nSPS) is 48.4. The molecule has 6 N–H and O–H groups in total. The molecule has 28 heavy (non-hydrogen) atoms. The molecule has 0 aromatic rings. The molecule has 1 saturated carbocycles. The quantitative estimate of drug-likeness (QED) is 0.260. The number of aliphatic hydroxyl groups excluding tert-OH is 6. The maximum absolute atomic E-state index is 12.0. The number of ether oxygens (including phenoxy) is 4. The molecule has 11 nitrogen and oxygen atoms in total. The molecule has 0 radical (unpaired) electrons. The third-order valence-electron chi connectivity index (χ3n) is 5.82. The third-order valence-corrected chi connectivity index (χ3v) is 5.82. The van der Waals surface area contributed by atoms with Crippen LogP contribution in [0.25, 0.3) is 0 Å². The monoisotopic (exact) mass is 406 g/mol. The maximum Gasteiger partial charge on any atom is 0.337 e. The Hall–Kier alpha value is -1.31. The zero-order valence-electron chi connectivity index (χ0n) is 15.4. The van der Waals surface area contributed by atoms with Gasteiger partial charge in [0.1, 0.15) is 24.4 Å². The van der Waals surface area contributed by atoms with Gasteiger partial charge < -0.3 is 49.6 Å². The number of aliphatic hydroxyl groups is 6. The standard InChI is InChI=1S/C17H26O11/c1-5-8-9(12(21)10(5)19)6(15(24)25-2)4-26-16(8)28-17-14(23)13(22)11(20)7(3-18)27-17/h4-5,7-14,16-23H,3H2,1-2H3/t5-,7?,8+,9+,10+,11?,12+,13?,14?,16+,17?/m1/s1. The van der Waals surface area contributed by atoms with Crippen molar-refractivity contribution in [2.45, 2.75) is 56.1 Å². The van der Waals surface area contributed by atoms with Crippen molar-refractivity contribution >= 4 is 5.97 Å². The molecule has 0 aromatic carbocycles. The number of carbonyl (C=O) groups is 1. The van der Waals surface area contributed by atoms with Gasteiger partial charge in [-0.2, -0.15) is 0 Å². The topological polar surface area (TPSA) is 175 Å². The highest BCUT2D eigenvalue weighted by Crippen LogP contribution is 2.47. The molecular formula is C17H26O11. The lowest BCUT2D eigenvalue weighted by Gasteiger charge is -2.43. The Bertz CT molecular complexity index is 608. The van der Waals surface area contributed by atoms with Gasteiger partial charge in [0.05, 0.1) is 37.8 Å². The lowest BCUT2D eigenvalue weighted by Crippen LogP contribution is -2.60. The first-order chi connectivity index (χ1) is 13.2. The van der Waals surface area contributed by atoms with E-state index >= 15 is 0 Å². The van der Waals surface area contributed by atoms with Crippen molar-refractivity contribution in [1.29, 1.82) is 0 Å². The average Bonchev–Trinajstić information content (AvgIpc) is 2.92. The van der Waals surface area contributed by atoms with Crippen LogP contribution in [0.1, 0.15) is 6.92 Å². The lowest BCUT2D eigenvalue weighted by molar-refractivity contribution is -0.343. The van der Waals surface area contributed by atoms with Crippen molar-refractivity contribution in [3.63, 3.8) is 0 Å². The van der Waals surface area contributed by atoms with Gasteiger partial charge in [-0.25, -0.2) is 4.79 Å². The Labute approximate surface area is 160 Å². The van der Waals surface area contributed by atoms with Crippen molar-refractivity contribution < 1.29 is 54.4 Å². The second kappa shape index (κ2) is 8.20. The predicted octanol–water partition coefficient (Wildman–Crippen LogP) is -3.18. The molecule has 160 valence electrons. The Balaban J connectivity index is 1.84. The number of carbonyl (C=O) groups excluding carboxylic acids is 1. The fourth-order valence-electron chi connectivity index (χ4n) is 4.16. The Morgan fingerprint density at radius 2 is 1.71 bits per heavy atom. The fourth-order valence-corrected chi connectivity index (χ4v) is 4.16. The van der Waals surface area contributed by atoms with Crippen LogP contribution in [0.3, 0.4) is 0 Å². The first kappa shape index (κ1) is 21.4. The summed E-state index contributed by atoms with van der Waals surface area (Å²) in [5, 5.41) is 59.9. The van der Waals surface area contributed by atoms with Crippen LogP contribution in [0.4, 0.5) is 0 Å². The summed E-state index contributed by atoms with van der Waals surface area (Å²) < 4.78 is 21.1. The molecular weight excluding hydrogens is 380 g/mol. The predicted molar refractivity (Wildman–Crippen MR) is 88.0 cm³/mol. The molecule has 3 rings (SSSR count). The first-order valence-corrected chi connectivity index (χ1v) is 8.98. The minimum atomic E-state index is -1.64. The van der Waals surface area contributed by atoms with E-state index in [9.17, 15) is 35.4 Å². The zero-order valence-corrected chi connectivity index (χ0v) is 15.4. The Morgan fingerprint density at radius 1 is 1.04 bits per heavy atom. The summed E-state index contributed by atoms with van der Waals surface area (Å²) in [5.74, 6) is -2.82. The van der Waals surface area contributed by atoms with Gasteiger partial charge in [0.25, 0.3) is 0 Å². The van der Waals surface area contributed by atoms with Crippen molar-refractivity contribution in [3.05, 3.63) is 11.8 Å². The van der Waals surface area contributed by atoms with Crippen LogP contribution in [0.5, 0.6) is 0 Å².